The normalized spacial score (nSPS) is 12.8. The molecule has 1 radical (unpaired) electrons. The molecule has 0 heteroatoms. The second kappa shape index (κ2) is 15.1. The van der Waals surface area contributed by atoms with Gasteiger partial charge >= 0.3 is 0 Å². The van der Waals surface area contributed by atoms with Gasteiger partial charge in [-0.25, -0.2) is 0 Å². The topological polar surface area (TPSA) is 0 Å². The Morgan fingerprint density at radius 2 is 1.06 bits per heavy atom. The highest BCUT2D eigenvalue weighted by molar-refractivity contribution is 4.61. The first kappa shape index (κ1) is 18.0. The van der Waals surface area contributed by atoms with Crippen molar-refractivity contribution in [1.82, 2.24) is 0 Å². The molecule has 109 valence electrons. The predicted molar refractivity (Wildman–Crippen MR) is 84.8 cm³/mol. The average Bonchev–Trinajstić information content (AvgIpc) is 2.39. The van der Waals surface area contributed by atoms with Crippen molar-refractivity contribution in [2.24, 2.45) is 5.92 Å². The molecule has 1 unspecified atom stereocenters. The maximum atomic E-state index is 3.99. The fraction of sp³-hybridized carbons (Fsp3) is 0.944. The van der Waals surface area contributed by atoms with Gasteiger partial charge in [0, 0.05) is 0 Å². The Balaban J connectivity index is 3.56. The van der Waals surface area contributed by atoms with E-state index in [0.717, 1.165) is 12.3 Å². The molecule has 0 nitrogen and oxygen atoms in total. The third-order valence-corrected chi connectivity index (χ3v) is 4.04. The molecule has 0 rings (SSSR count). The van der Waals surface area contributed by atoms with Gasteiger partial charge in [0.25, 0.3) is 0 Å². The van der Waals surface area contributed by atoms with Crippen molar-refractivity contribution in [3.63, 3.8) is 0 Å². The van der Waals surface area contributed by atoms with Crippen LogP contribution in [0.3, 0.4) is 0 Å². The highest BCUT2D eigenvalue weighted by Gasteiger charge is 2.07. The molecule has 0 saturated heterocycles. The lowest BCUT2D eigenvalue weighted by Crippen LogP contribution is -2.01. The SMILES string of the molecule is [CH2]CCCC(CCCCCC)CCCCCCC. The third kappa shape index (κ3) is 12.5. The van der Waals surface area contributed by atoms with Crippen LogP contribution in [0.25, 0.3) is 0 Å². The van der Waals surface area contributed by atoms with Gasteiger partial charge < -0.3 is 0 Å². The molecule has 18 heavy (non-hydrogen) atoms. The van der Waals surface area contributed by atoms with Crippen LogP contribution >= 0.6 is 0 Å². The summed E-state index contributed by atoms with van der Waals surface area (Å²) in [5.41, 5.74) is 0. The van der Waals surface area contributed by atoms with Gasteiger partial charge in [0.2, 0.25) is 0 Å². The fourth-order valence-corrected chi connectivity index (χ4v) is 2.76. The molecule has 0 aliphatic rings. The zero-order chi connectivity index (χ0) is 13.5. The molecule has 0 aliphatic carbocycles. The highest BCUT2D eigenvalue weighted by Crippen LogP contribution is 2.23. The van der Waals surface area contributed by atoms with E-state index >= 15 is 0 Å². The minimum atomic E-state index is 1.00. The number of rotatable bonds is 14. The fourth-order valence-electron chi connectivity index (χ4n) is 2.76. The third-order valence-electron chi connectivity index (χ3n) is 4.04. The summed E-state index contributed by atoms with van der Waals surface area (Å²) in [6, 6.07) is 0. The lowest BCUT2D eigenvalue weighted by Gasteiger charge is -2.16. The lowest BCUT2D eigenvalue weighted by molar-refractivity contribution is 0.374. The number of hydrogen-bond donors (Lipinski definition) is 0. The van der Waals surface area contributed by atoms with Gasteiger partial charge in [-0.3, -0.25) is 0 Å². The molecule has 0 aromatic heterocycles. The lowest BCUT2D eigenvalue weighted by atomic mass is 9.90. The van der Waals surface area contributed by atoms with E-state index in [0.29, 0.717) is 0 Å². The smallest absolute Gasteiger partial charge is 0.0414 e. The summed E-state index contributed by atoms with van der Waals surface area (Å²) in [4.78, 5) is 0. The Hall–Kier alpha value is 0. The molecule has 0 N–H and O–H groups in total. The summed E-state index contributed by atoms with van der Waals surface area (Å²) < 4.78 is 0. The van der Waals surface area contributed by atoms with Crippen molar-refractivity contribution in [3.05, 3.63) is 6.92 Å². The molecule has 0 spiro atoms. The summed E-state index contributed by atoms with van der Waals surface area (Å²) in [5, 5.41) is 0. The Morgan fingerprint density at radius 3 is 1.56 bits per heavy atom. The van der Waals surface area contributed by atoms with Crippen LogP contribution in [0.1, 0.15) is 104 Å². The highest BCUT2D eigenvalue weighted by atomic mass is 14.1. The Labute approximate surface area is 117 Å². The molecule has 0 saturated carbocycles. The maximum absolute atomic E-state index is 3.99. The van der Waals surface area contributed by atoms with Crippen LogP contribution in [0.15, 0.2) is 0 Å². The van der Waals surface area contributed by atoms with Crippen molar-refractivity contribution >= 4 is 0 Å². The van der Waals surface area contributed by atoms with Gasteiger partial charge in [-0.15, -0.1) is 0 Å². The van der Waals surface area contributed by atoms with Gasteiger partial charge in [-0.2, -0.15) is 0 Å². The minimum Gasteiger partial charge on any atom is -0.0654 e. The largest absolute Gasteiger partial charge is 0.0654 e. The molecule has 0 amide bonds. The molecule has 1 atom stereocenters. The maximum Gasteiger partial charge on any atom is -0.0414 e. The molecular formula is C18H37. The summed E-state index contributed by atoms with van der Waals surface area (Å²) in [5.74, 6) is 1.00. The number of unbranched alkanes of at least 4 members (excludes halogenated alkanes) is 8. The quantitative estimate of drug-likeness (QED) is 0.294. The van der Waals surface area contributed by atoms with E-state index in [1.165, 1.54) is 83.5 Å². The summed E-state index contributed by atoms with van der Waals surface area (Å²) in [7, 11) is 0. The van der Waals surface area contributed by atoms with Crippen LogP contribution in [-0.4, -0.2) is 0 Å². The van der Waals surface area contributed by atoms with Crippen LogP contribution in [0.5, 0.6) is 0 Å². The zero-order valence-electron chi connectivity index (χ0n) is 13.2. The van der Waals surface area contributed by atoms with Gasteiger partial charge in [0.05, 0.1) is 0 Å². The molecule has 0 aliphatic heterocycles. The first-order valence-electron chi connectivity index (χ1n) is 8.64. The van der Waals surface area contributed by atoms with E-state index in [1.54, 1.807) is 0 Å². The summed E-state index contributed by atoms with van der Waals surface area (Å²) in [6.07, 6.45) is 19.7. The standard InChI is InChI=1S/C18H37/c1-4-7-10-12-14-17-18(15-9-6-3)16-13-11-8-5-2/h18H,3-17H2,1-2H3. The van der Waals surface area contributed by atoms with Crippen LogP contribution in [0, 0.1) is 12.8 Å². The van der Waals surface area contributed by atoms with E-state index in [1.807, 2.05) is 0 Å². The zero-order valence-corrected chi connectivity index (χ0v) is 13.2. The Bertz CT molecular complexity index is 139. The van der Waals surface area contributed by atoms with Crippen LogP contribution in [0.2, 0.25) is 0 Å². The van der Waals surface area contributed by atoms with Crippen LogP contribution in [-0.2, 0) is 0 Å². The first-order chi connectivity index (χ1) is 8.85. The molecule has 0 fully saturated rings. The summed E-state index contributed by atoms with van der Waals surface area (Å²) >= 11 is 0. The monoisotopic (exact) mass is 253 g/mol. The second-order valence-corrected chi connectivity index (χ2v) is 5.91. The first-order valence-corrected chi connectivity index (χ1v) is 8.64. The van der Waals surface area contributed by atoms with Crippen molar-refractivity contribution < 1.29 is 0 Å². The minimum absolute atomic E-state index is 1.00. The van der Waals surface area contributed by atoms with E-state index in [9.17, 15) is 0 Å². The summed E-state index contributed by atoms with van der Waals surface area (Å²) in [6.45, 7) is 8.58. The second-order valence-electron chi connectivity index (χ2n) is 5.91. The Kier molecular flexibility index (Phi) is 15.1. The van der Waals surface area contributed by atoms with E-state index in [2.05, 4.69) is 20.8 Å². The van der Waals surface area contributed by atoms with Crippen molar-refractivity contribution in [1.29, 1.82) is 0 Å². The van der Waals surface area contributed by atoms with Gasteiger partial charge in [0.1, 0.15) is 0 Å². The molecular weight excluding hydrogens is 216 g/mol. The van der Waals surface area contributed by atoms with Gasteiger partial charge in [-0.05, 0) is 5.92 Å². The predicted octanol–water partition coefficient (Wildman–Crippen LogP) is 6.94. The van der Waals surface area contributed by atoms with Crippen molar-refractivity contribution in [2.45, 2.75) is 104 Å². The average molecular weight is 253 g/mol. The molecule has 0 heterocycles. The van der Waals surface area contributed by atoms with E-state index in [-0.39, 0.29) is 0 Å². The van der Waals surface area contributed by atoms with Gasteiger partial charge in [0.15, 0.2) is 0 Å². The van der Waals surface area contributed by atoms with Crippen molar-refractivity contribution in [3.8, 4) is 0 Å². The van der Waals surface area contributed by atoms with E-state index in [4.69, 9.17) is 0 Å². The van der Waals surface area contributed by atoms with Crippen LogP contribution in [0.4, 0.5) is 0 Å². The molecule has 0 aromatic carbocycles. The van der Waals surface area contributed by atoms with Crippen molar-refractivity contribution in [2.75, 3.05) is 0 Å². The molecule has 0 bridgehead atoms. The van der Waals surface area contributed by atoms with Crippen LogP contribution < -0.4 is 0 Å². The molecule has 0 aromatic rings. The Morgan fingerprint density at radius 1 is 0.611 bits per heavy atom. The van der Waals surface area contributed by atoms with Gasteiger partial charge in [-0.1, -0.05) is 111 Å². The number of hydrogen-bond acceptors (Lipinski definition) is 0. The van der Waals surface area contributed by atoms with E-state index < -0.39 is 0 Å².